The van der Waals surface area contributed by atoms with E-state index in [-0.39, 0.29) is 11.3 Å². The summed E-state index contributed by atoms with van der Waals surface area (Å²) in [7, 11) is 0. The second-order valence-corrected chi connectivity index (χ2v) is 3.06. The molecule has 0 bridgehead atoms. The number of phenols is 1. The molecule has 11 heavy (non-hydrogen) atoms. The third-order valence-corrected chi connectivity index (χ3v) is 2.32. The number of H-pyrrole nitrogens is 1. The van der Waals surface area contributed by atoms with E-state index in [4.69, 9.17) is 5.11 Å². The number of aromatic nitrogens is 1. The number of hydrogen-bond acceptors (Lipinski definition) is 3. The predicted octanol–water partition coefficient (Wildman–Crippen LogP) is 1.30. The van der Waals surface area contributed by atoms with Gasteiger partial charge in [-0.3, -0.25) is 9.17 Å². The van der Waals surface area contributed by atoms with Crippen molar-refractivity contribution in [1.82, 2.24) is 4.37 Å². The lowest BCUT2D eigenvalue weighted by molar-refractivity contribution is 0.476. The summed E-state index contributed by atoms with van der Waals surface area (Å²) in [6.45, 7) is 0. The Bertz CT molecular complexity index is 443. The Hall–Kier alpha value is -1.29. The average Bonchev–Trinajstić information content (AvgIpc) is 2.33. The number of hydrogen-bond donors (Lipinski definition) is 2. The van der Waals surface area contributed by atoms with Crippen LogP contribution in [-0.2, 0) is 0 Å². The van der Waals surface area contributed by atoms with Gasteiger partial charge in [-0.25, -0.2) is 0 Å². The maximum Gasteiger partial charge on any atom is 0.266 e. The summed E-state index contributed by atoms with van der Waals surface area (Å²) in [6, 6.07) is 4.74. The minimum Gasteiger partial charge on any atom is -0.508 e. The summed E-state index contributed by atoms with van der Waals surface area (Å²) >= 11 is 1.27. The Morgan fingerprint density at radius 2 is 2.27 bits per heavy atom. The Morgan fingerprint density at radius 1 is 1.45 bits per heavy atom. The predicted molar refractivity (Wildman–Crippen MR) is 44.1 cm³/mol. The summed E-state index contributed by atoms with van der Waals surface area (Å²) in [4.78, 5) is 11.0. The molecule has 1 heterocycles. The Balaban J connectivity index is 2.99. The molecular weight excluding hydrogens is 162 g/mol. The first-order valence-corrected chi connectivity index (χ1v) is 3.89. The normalized spacial score (nSPS) is 10.5. The van der Waals surface area contributed by atoms with E-state index >= 15 is 0 Å². The lowest BCUT2D eigenvalue weighted by Crippen LogP contribution is -1.95. The molecule has 2 rings (SSSR count). The number of aromatic amines is 1. The van der Waals surface area contributed by atoms with Gasteiger partial charge in [0.2, 0.25) is 0 Å². The van der Waals surface area contributed by atoms with Crippen molar-refractivity contribution in [3.8, 4) is 5.75 Å². The van der Waals surface area contributed by atoms with Gasteiger partial charge in [-0.2, -0.15) is 0 Å². The van der Waals surface area contributed by atoms with E-state index in [0.29, 0.717) is 5.39 Å². The number of fused-ring (bicyclic) bond motifs is 1. The first-order valence-electron chi connectivity index (χ1n) is 3.07. The van der Waals surface area contributed by atoms with Gasteiger partial charge in [-0.1, -0.05) is 11.5 Å². The van der Waals surface area contributed by atoms with Crippen molar-refractivity contribution >= 4 is 21.6 Å². The minimum absolute atomic E-state index is 0.126. The molecular formula is C7H5NO2S. The molecule has 4 heteroatoms. The van der Waals surface area contributed by atoms with Crippen molar-refractivity contribution in [1.29, 1.82) is 0 Å². The molecule has 56 valence electrons. The second-order valence-electron chi connectivity index (χ2n) is 2.21. The van der Waals surface area contributed by atoms with Crippen LogP contribution in [0.15, 0.2) is 23.0 Å². The topological polar surface area (TPSA) is 53.1 Å². The van der Waals surface area contributed by atoms with Crippen molar-refractivity contribution in [2.45, 2.75) is 0 Å². The van der Waals surface area contributed by atoms with Crippen LogP contribution in [0, 0.1) is 0 Å². The minimum atomic E-state index is -0.138. The molecule has 0 aliphatic rings. The number of nitrogens with one attached hydrogen (secondary N) is 1. The molecule has 0 unspecified atom stereocenters. The lowest BCUT2D eigenvalue weighted by atomic mass is 10.3. The fourth-order valence-electron chi connectivity index (χ4n) is 0.941. The fourth-order valence-corrected chi connectivity index (χ4v) is 1.65. The number of benzene rings is 1. The largest absolute Gasteiger partial charge is 0.508 e. The van der Waals surface area contributed by atoms with Gasteiger partial charge in [0, 0.05) is 0 Å². The van der Waals surface area contributed by atoms with Crippen LogP contribution in [0.1, 0.15) is 0 Å². The summed E-state index contributed by atoms with van der Waals surface area (Å²) in [5.41, 5.74) is -0.138. The van der Waals surface area contributed by atoms with Crippen LogP contribution in [-0.4, -0.2) is 9.48 Å². The zero-order valence-electron chi connectivity index (χ0n) is 5.50. The monoisotopic (exact) mass is 167 g/mol. The molecule has 0 amide bonds. The Labute approximate surface area is 66.1 Å². The second kappa shape index (κ2) is 2.10. The van der Waals surface area contributed by atoms with Crippen molar-refractivity contribution in [3.63, 3.8) is 0 Å². The van der Waals surface area contributed by atoms with Crippen LogP contribution >= 0.6 is 11.5 Å². The van der Waals surface area contributed by atoms with E-state index in [1.165, 1.54) is 17.6 Å². The van der Waals surface area contributed by atoms with Gasteiger partial charge in [0.1, 0.15) is 5.75 Å². The Morgan fingerprint density at radius 3 is 3.09 bits per heavy atom. The zero-order valence-corrected chi connectivity index (χ0v) is 6.31. The molecule has 0 saturated heterocycles. The third-order valence-electron chi connectivity index (χ3n) is 1.46. The number of aromatic hydroxyl groups is 1. The van der Waals surface area contributed by atoms with Gasteiger partial charge in [0.05, 0.1) is 10.1 Å². The number of rotatable bonds is 0. The van der Waals surface area contributed by atoms with Crippen molar-refractivity contribution < 1.29 is 5.11 Å². The molecule has 0 aliphatic carbocycles. The highest BCUT2D eigenvalue weighted by Gasteiger charge is 2.00. The van der Waals surface area contributed by atoms with Gasteiger partial charge in [0.15, 0.2) is 0 Å². The molecule has 0 atom stereocenters. The van der Waals surface area contributed by atoms with E-state index in [0.717, 1.165) is 4.70 Å². The van der Waals surface area contributed by atoms with Gasteiger partial charge in [-0.05, 0) is 18.2 Å². The first kappa shape index (κ1) is 6.42. The average molecular weight is 167 g/mol. The molecule has 2 N–H and O–H groups in total. The summed E-state index contributed by atoms with van der Waals surface area (Å²) in [6.07, 6.45) is 0. The van der Waals surface area contributed by atoms with Crippen molar-refractivity contribution in [2.24, 2.45) is 0 Å². The smallest absolute Gasteiger partial charge is 0.266 e. The molecule has 0 radical (unpaired) electrons. The highest BCUT2D eigenvalue weighted by Crippen LogP contribution is 2.18. The van der Waals surface area contributed by atoms with Gasteiger partial charge < -0.3 is 5.11 Å². The molecule has 0 fully saturated rings. The van der Waals surface area contributed by atoms with Gasteiger partial charge in [-0.15, -0.1) is 0 Å². The zero-order chi connectivity index (χ0) is 7.84. The first-order chi connectivity index (χ1) is 5.27. The quantitative estimate of drug-likeness (QED) is 0.621. The van der Waals surface area contributed by atoms with Crippen LogP contribution in [0.2, 0.25) is 0 Å². The summed E-state index contributed by atoms with van der Waals surface area (Å²) < 4.78 is 3.45. The van der Waals surface area contributed by atoms with Gasteiger partial charge in [0.25, 0.3) is 5.56 Å². The fraction of sp³-hybridized carbons (Fsp3) is 0. The molecule has 0 aliphatic heterocycles. The van der Waals surface area contributed by atoms with E-state index in [1.807, 2.05) is 0 Å². The Kier molecular flexibility index (Phi) is 1.22. The van der Waals surface area contributed by atoms with E-state index < -0.39 is 0 Å². The van der Waals surface area contributed by atoms with Gasteiger partial charge >= 0.3 is 0 Å². The highest BCUT2D eigenvalue weighted by molar-refractivity contribution is 7.13. The molecule has 1 aromatic heterocycles. The van der Waals surface area contributed by atoms with Crippen molar-refractivity contribution in [2.75, 3.05) is 0 Å². The third kappa shape index (κ3) is 0.914. The summed E-state index contributed by atoms with van der Waals surface area (Å²) in [5.74, 6) is 0.126. The lowest BCUT2D eigenvalue weighted by Gasteiger charge is -1.87. The van der Waals surface area contributed by atoms with Crippen LogP contribution in [0.4, 0.5) is 0 Å². The van der Waals surface area contributed by atoms with Crippen molar-refractivity contribution in [3.05, 3.63) is 28.6 Å². The van der Waals surface area contributed by atoms with E-state index in [9.17, 15) is 4.79 Å². The summed E-state index contributed by atoms with van der Waals surface area (Å²) in [5, 5.41) is 9.58. The molecule has 0 saturated carbocycles. The molecule has 3 nitrogen and oxygen atoms in total. The molecule has 2 aromatic rings. The SMILES string of the molecule is O=c1[nH]sc2ccc(O)cc12. The highest BCUT2D eigenvalue weighted by atomic mass is 32.1. The molecule has 1 aromatic carbocycles. The van der Waals surface area contributed by atoms with Crippen LogP contribution in [0.25, 0.3) is 10.1 Å². The standard InChI is InChI=1S/C7H5NO2S/c9-4-1-2-6-5(3-4)7(10)8-11-6/h1-3,9H,(H,8,10). The molecule has 0 spiro atoms. The maximum atomic E-state index is 11.0. The van der Waals surface area contributed by atoms with Crippen LogP contribution < -0.4 is 5.56 Å². The van der Waals surface area contributed by atoms with E-state index in [1.54, 1.807) is 12.1 Å². The number of phenolic OH excluding ortho intramolecular Hbond substituents is 1. The van der Waals surface area contributed by atoms with E-state index in [2.05, 4.69) is 4.37 Å². The maximum absolute atomic E-state index is 11.0. The van der Waals surface area contributed by atoms with Crippen LogP contribution in [0.5, 0.6) is 5.75 Å². The van der Waals surface area contributed by atoms with Crippen LogP contribution in [0.3, 0.4) is 0 Å².